The van der Waals surface area contributed by atoms with Gasteiger partial charge in [-0.25, -0.2) is 0 Å². The van der Waals surface area contributed by atoms with Gasteiger partial charge in [0.25, 0.3) is 5.91 Å². The molecule has 2 aromatic carbocycles. The summed E-state index contributed by atoms with van der Waals surface area (Å²) >= 11 is 0. The van der Waals surface area contributed by atoms with Gasteiger partial charge in [0.1, 0.15) is 5.75 Å². The minimum atomic E-state index is 0.0281. The molecule has 4 rings (SSSR count). The second kappa shape index (κ2) is 7.84. The Morgan fingerprint density at radius 2 is 1.93 bits per heavy atom. The lowest BCUT2D eigenvalue weighted by Gasteiger charge is -2.28. The van der Waals surface area contributed by atoms with Gasteiger partial charge in [-0.2, -0.15) is 0 Å². The molecule has 5 nitrogen and oxygen atoms in total. The molecule has 0 saturated carbocycles. The van der Waals surface area contributed by atoms with E-state index in [4.69, 9.17) is 9.47 Å². The lowest BCUT2D eigenvalue weighted by molar-refractivity contribution is -0.134. The largest absolute Gasteiger partial charge is 0.483 e. The Hall–Kier alpha value is -2.79. The van der Waals surface area contributed by atoms with Gasteiger partial charge in [-0.15, -0.1) is 0 Å². The van der Waals surface area contributed by atoms with Crippen LogP contribution in [0.25, 0.3) is 10.9 Å². The highest BCUT2D eigenvalue weighted by Gasteiger charge is 2.21. The topological polar surface area (TPSA) is 43.7 Å². The predicted molar refractivity (Wildman–Crippen MR) is 105 cm³/mol. The van der Waals surface area contributed by atoms with Crippen LogP contribution >= 0.6 is 0 Å². The van der Waals surface area contributed by atoms with Crippen LogP contribution in [0.15, 0.2) is 54.7 Å². The van der Waals surface area contributed by atoms with Crippen LogP contribution in [0.2, 0.25) is 0 Å². The highest BCUT2D eigenvalue weighted by molar-refractivity contribution is 5.87. The minimum Gasteiger partial charge on any atom is -0.483 e. The first-order chi connectivity index (χ1) is 13.3. The highest BCUT2D eigenvalue weighted by Crippen LogP contribution is 2.27. The molecule has 0 spiro atoms. The molecule has 3 aromatic rings. The molecule has 1 aliphatic heterocycles. The SMILES string of the molecule is COCCn1ccc2c(OCC(=O)N3CCc4ccccc4C3)cccc21. The van der Waals surface area contributed by atoms with E-state index in [2.05, 4.69) is 28.8 Å². The second-order valence-electron chi connectivity index (χ2n) is 6.81. The molecule has 0 saturated heterocycles. The van der Waals surface area contributed by atoms with E-state index in [9.17, 15) is 4.79 Å². The Labute approximate surface area is 159 Å². The van der Waals surface area contributed by atoms with Gasteiger partial charge in [0.05, 0.1) is 12.1 Å². The summed E-state index contributed by atoms with van der Waals surface area (Å²) in [5, 5.41) is 1.02. The molecule has 0 fully saturated rings. The first-order valence-corrected chi connectivity index (χ1v) is 9.30. The fourth-order valence-electron chi connectivity index (χ4n) is 3.65. The summed E-state index contributed by atoms with van der Waals surface area (Å²) in [6.45, 7) is 2.91. The van der Waals surface area contributed by atoms with Crippen molar-refractivity contribution in [3.8, 4) is 5.75 Å². The summed E-state index contributed by atoms with van der Waals surface area (Å²) in [6.07, 6.45) is 2.93. The van der Waals surface area contributed by atoms with E-state index in [1.807, 2.05) is 35.4 Å². The maximum Gasteiger partial charge on any atom is 0.260 e. The van der Waals surface area contributed by atoms with Crippen LogP contribution in [-0.4, -0.2) is 42.2 Å². The average Bonchev–Trinajstić information content (AvgIpc) is 3.13. The molecular formula is C22H24N2O3. The number of nitrogens with zero attached hydrogens (tertiary/aromatic N) is 2. The summed E-state index contributed by atoms with van der Waals surface area (Å²) in [7, 11) is 1.70. The van der Waals surface area contributed by atoms with Crippen molar-refractivity contribution in [1.82, 2.24) is 9.47 Å². The molecule has 2 heterocycles. The molecule has 140 valence electrons. The van der Waals surface area contributed by atoms with Crippen molar-refractivity contribution >= 4 is 16.8 Å². The quantitative estimate of drug-likeness (QED) is 0.674. The Bertz CT molecular complexity index is 948. The number of hydrogen-bond acceptors (Lipinski definition) is 3. The van der Waals surface area contributed by atoms with Gasteiger partial charge in [-0.1, -0.05) is 30.3 Å². The average molecular weight is 364 g/mol. The normalized spacial score (nSPS) is 13.6. The first kappa shape index (κ1) is 17.6. The third kappa shape index (κ3) is 3.69. The second-order valence-corrected chi connectivity index (χ2v) is 6.81. The van der Waals surface area contributed by atoms with E-state index in [1.165, 1.54) is 11.1 Å². The molecule has 0 aliphatic carbocycles. The zero-order chi connectivity index (χ0) is 18.6. The van der Waals surface area contributed by atoms with Crippen LogP contribution in [0.5, 0.6) is 5.75 Å². The lowest BCUT2D eigenvalue weighted by atomic mass is 10.00. The van der Waals surface area contributed by atoms with Crippen molar-refractivity contribution in [3.05, 3.63) is 65.9 Å². The van der Waals surface area contributed by atoms with Gasteiger partial charge in [0, 0.05) is 38.3 Å². The third-order valence-corrected chi connectivity index (χ3v) is 5.14. The summed E-state index contributed by atoms with van der Waals surface area (Å²) < 4.78 is 13.2. The Balaban J connectivity index is 1.43. The maximum absolute atomic E-state index is 12.6. The number of benzene rings is 2. The third-order valence-electron chi connectivity index (χ3n) is 5.14. The molecule has 1 amide bonds. The van der Waals surface area contributed by atoms with Crippen molar-refractivity contribution in [1.29, 1.82) is 0 Å². The summed E-state index contributed by atoms with van der Waals surface area (Å²) in [4.78, 5) is 14.5. The molecule has 5 heteroatoms. The van der Waals surface area contributed by atoms with Crippen LogP contribution < -0.4 is 4.74 Å². The van der Waals surface area contributed by atoms with Crippen molar-refractivity contribution in [2.45, 2.75) is 19.5 Å². The number of amides is 1. The van der Waals surface area contributed by atoms with Crippen molar-refractivity contribution < 1.29 is 14.3 Å². The van der Waals surface area contributed by atoms with Gasteiger partial charge in [0.15, 0.2) is 6.61 Å². The van der Waals surface area contributed by atoms with E-state index in [-0.39, 0.29) is 12.5 Å². The van der Waals surface area contributed by atoms with E-state index in [1.54, 1.807) is 7.11 Å². The standard InChI is InChI=1S/C22H24N2O3/c1-26-14-13-23-12-10-19-20(23)7-4-8-21(19)27-16-22(25)24-11-9-17-5-2-3-6-18(17)15-24/h2-8,10,12H,9,11,13-16H2,1H3. The van der Waals surface area contributed by atoms with Gasteiger partial charge in [0.2, 0.25) is 0 Å². The van der Waals surface area contributed by atoms with E-state index in [0.29, 0.717) is 13.2 Å². The zero-order valence-corrected chi connectivity index (χ0v) is 15.6. The molecule has 1 aromatic heterocycles. The van der Waals surface area contributed by atoms with Gasteiger partial charge < -0.3 is 18.9 Å². The van der Waals surface area contributed by atoms with Crippen LogP contribution in [0, 0.1) is 0 Å². The number of hydrogen-bond donors (Lipinski definition) is 0. The number of rotatable bonds is 6. The molecule has 27 heavy (non-hydrogen) atoms. The number of ether oxygens (including phenoxy) is 2. The molecule has 0 unspecified atom stereocenters. The van der Waals surface area contributed by atoms with Crippen molar-refractivity contribution in [2.24, 2.45) is 0 Å². The van der Waals surface area contributed by atoms with Gasteiger partial charge in [-0.05, 0) is 35.7 Å². The van der Waals surface area contributed by atoms with Crippen LogP contribution in [-0.2, 0) is 29.0 Å². The predicted octanol–water partition coefficient (Wildman–Crippen LogP) is 3.25. The van der Waals surface area contributed by atoms with Crippen molar-refractivity contribution in [3.63, 3.8) is 0 Å². The number of fused-ring (bicyclic) bond motifs is 2. The van der Waals surface area contributed by atoms with Gasteiger partial charge >= 0.3 is 0 Å². The fraction of sp³-hybridized carbons (Fsp3) is 0.318. The van der Waals surface area contributed by atoms with Crippen LogP contribution in [0.4, 0.5) is 0 Å². The molecule has 0 N–H and O–H groups in total. The molecule has 1 aliphatic rings. The zero-order valence-electron chi connectivity index (χ0n) is 15.6. The molecule has 0 atom stereocenters. The lowest BCUT2D eigenvalue weighted by Crippen LogP contribution is -2.38. The Morgan fingerprint density at radius 3 is 2.78 bits per heavy atom. The van der Waals surface area contributed by atoms with Crippen molar-refractivity contribution in [2.75, 3.05) is 26.9 Å². The summed E-state index contributed by atoms with van der Waals surface area (Å²) in [6, 6.07) is 16.3. The minimum absolute atomic E-state index is 0.0281. The number of methoxy groups -OCH3 is 1. The molecule has 0 bridgehead atoms. The van der Waals surface area contributed by atoms with E-state index < -0.39 is 0 Å². The van der Waals surface area contributed by atoms with Crippen LogP contribution in [0.3, 0.4) is 0 Å². The first-order valence-electron chi connectivity index (χ1n) is 9.30. The van der Waals surface area contributed by atoms with E-state index in [0.717, 1.165) is 36.2 Å². The van der Waals surface area contributed by atoms with Crippen LogP contribution in [0.1, 0.15) is 11.1 Å². The fourth-order valence-corrected chi connectivity index (χ4v) is 3.65. The molecular weight excluding hydrogens is 340 g/mol. The monoisotopic (exact) mass is 364 g/mol. The summed E-state index contributed by atoms with van der Waals surface area (Å²) in [5.41, 5.74) is 3.66. The highest BCUT2D eigenvalue weighted by atomic mass is 16.5. The molecule has 0 radical (unpaired) electrons. The number of carbonyl (C=O) groups excluding carboxylic acids is 1. The number of carbonyl (C=O) groups is 1. The maximum atomic E-state index is 12.6. The Kier molecular flexibility index (Phi) is 5.12. The Morgan fingerprint density at radius 1 is 1.07 bits per heavy atom. The number of aromatic nitrogens is 1. The smallest absolute Gasteiger partial charge is 0.260 e. The summed E-state index contributed by atoms with van der Waals surface area (Å²) in [5.74, 6) is 0.773. The van der Waals surface area contributed by atoms with E-state index >= 15 is 0 Å². The van der Waals surface area contributed by atoms with Gasteiger partial charge in [-0.3, -0.25) is 4.79 Å².